The molecule has 0 aliphatic carbocycles. The van der Waals surface area contributed by atoms with Gasteiger partial charge in [-0.05, 0) is 29.3 Å². The standard InChI is InChI=1S/C22H18ClN3O4/c1-25-20(23)22(28)26-15(21(25)27)9-13-12-4-2-3-5-14(12)24-18(13)19(26)11-6-7-16-17(8-11)30-10-29-16/h2-8,15,19-20,24H,9-10H2,1H3/t15-,19-,20?/m1/s1. The van der Waals surface area contributed by atoms with Crippen LogP contribution in [0.5, 0.6) is 11.5 Å². The van der Waals surface area contributed by atoms with Crippen molar-refractivity contribution in [1.82, 2.24) is 14.8 Å². The van der Waals surface area contributed by atoms with Gasteiger partial charge in [0, 0.05) is 30.1 Å². The van der Waals surface area contributed by atoms with E-state index < -0.39 is 17.6 Å². The number of nitrogens with one attached hydrogen (secondary N) is 1. The van der Waals surface area contributed by atoms with Gasteiger partial charge >= 0.3 is 0 Å². The number of carbonyl (C=O) groups is 2. The molecule has 0 radical (unpaired) electrons. The smallest absolute Gasteiger partial charge is 0.262 e. The van der Waals surface area contributed by atoms with Crippen molar-refractivity contribution >= 4 is 34.3 Å². The van der Waals surface area contributed by atoms with Crippen molar-refractivity contribution in [3.05, 3.63) is 59.3 Å². The molecule has 2 amide bonds. The van der Waals surface area contributed by atoms with E-state index in [2.05, 4.69) is 4.98 Å². The summed E-state index contributed by atoms with van der Waals surface area (Å²) in [6, 6.07) is 12.5. The second-order valence-electron chi connectivity index (χ2n) is 7.83. The van der Waals surface area contributed by atoms with Crippen LogP contribution in [0.3, 0.4) is 0 Å². The van der Waals surface area contributed by atoms with Crippen molar-refractivity contribution in [2.45, 2.75) is 24.0 Å². The van der Waals surface area contributed by atoms with E-state index in [1.807, 2.05) is 42.5 Å². The highest BCUT2D eigenvalue weighted by molar-refractivity contribution is 6.32. The second-order valence-corrected chi connectivity index (χ2v) is 8.24. The summed E-state index contributed by atoms with van der Waals surface area (Å²) in [5.74, 6) is 0.855. The summed E-state index contributed by atoms with van der Waals surface area (Å²) in [5.41, 5.74) is 2.74. The SMILES string of the molecule is CN1C(=O)[C@H]2Cc3c([nH]c4ccccc34)[C@@H](c3ccc4c(c3)OCO4)N2C(=O)C1Cl. The lowest BCUT2D eigenvalue weighted by molar-refractivity contribution is -0.159. The molecule has 1 fully saturated rings. The summed E-state index contributed by atoms with van der Waals surface area (Å²) in [6.45, 7) is 0.166. The molecule has 1 aromatic heterocycles. The van der Waals surface area contributed by atoms with Crippen LogP contribution in [0.25, 0.3) is 10.9 Å². The largest absolute Gasteiger partial charge is 0.454 e. The van der Waals surface area contributed by atoms with E-state index >= 15 is 0 Å². The first kappa shape index (κ1) is 17.7. The average molecular weight is 424 g/mol. The number of likely N-dealkylation sites (N-methyl/N-ethyl adjacent to an activating group) is 1. The molecule has 0 spiro atoms. The van der Waals surface area contributed by atoms with Gasteiger partial charge in [-0.25, -0.2) is 0 Å². The Kier molecular flexibility index (Phi) is 3.62. The number of piperazine rings is 1. The maximum atomic E-state index is 13.3. The number of H-pyrrole nitrogens is 1. The maximum Gasteiger partial charge on any atom is 0.262 e. The van der Waals surface area contributed by atoms with Gasteiger partial charge in [0.2, 0.25) is 12.7 Å². The number of hydrogen-bond acceptors (Lipinski definition) is 4. The van der Waals surface area contributed by atoms with Crippen molar-refractivity contribution in [2.75, 3.05) is 13.8 Å². The third-order valence-electron chi connectivity index (χ3n) is 6.27. The van der Waals surface area contributed by atoms with Crippen LogP contribution in [0.1, 0.15) is 22.9 Å². The molecule has 8 heteroatoms. The molecule has 1 saturated heterocycles. The molecule has 0 saturated carbocycles. The fraction of sp³-hybridized carbons (Fsp3) is 0.273. The van der Waals surface area contributed by atoms with Crippen LogP contribution in [-0.2, 0) is 16.0 Å². The lowest BCUT2D eigenvalue weighted by Crippen LogP contribution is -2.64. The number of nitrogens with zero attached hydrogens (tertiary/aromatic N) is 2. The number of hydrogen-bond donors (Lipinski definition) is 1. The van der Waals surface area contributed by atoms with Gasteiger partial charge in [0.1, 0.15) is 6.04 Å². The van der Waals surface area contributed by atoms with E-state index in [0.717, 1.165) is 27.7 Å². The Morgan fingerprint density at radius 1 is 1.07 bits per heavy atom. The minimum Gasteiger partial charge on any atom is -0.454 e. The molecule has 3 atom stereocenters. The Morgan fingerprint density at radius 3 is 2.73 bits per heavy atom. The number of alkyl halides is 1. The number of benzene rings is 2. The molecule has 4 heterocycles. The van der Waals surface area contributed by atoms with Crippen LogP contribution in [-0.4, -0.2) is 52.0 Å². The average Bonchev–Trinajstić information content (AvgIpc) is 3.38. The molecule has 3 aliphatic heterocycles. The van der Waals surface area contributed by atoms with Crippen LogP contribution < -0.4 is 9.47 Å². The predicted molar refractivity (Wildman–Crippen MR) is 109 cm³/mol. The van der Waals surface area contributed by atoms with E-state index in [9.17, 15) is 9.59 Å². The molecular weight excluding hydrogens is 406 g/mol. The van der Waals surface area contributed by atoms with Gasteiger partial charge in [-0.2, -0.15) is 0 Å². The van der Waals surface area contributed by atoms with Crippen molar-refractivity contribution in [3.63, 3.8) is 0 Å². The van der Waals surface area contributed by atoms with E-state index in [-0.39, 0.29) is 18.6 Å². The molecule has 30 heavy (non-hydrogen) atoms. The molecule has 2 aromatic carbocycles. The number of aromatic nitrogens is 1. The molecule has 7 nitrogen and oxygen atoms in total. The second kappa shape index (κ2) is 6.15. The van der Waals surface area contributed by atoms with Crippen molar-refractivity contribution in [2.24, 2.45) is 0 Å². The first-order valence-corrected chi connectivity index (χ1v) is 10.2. The van der Waals surface area contributed by atoms with E-state index in [1.54, 1.807) is 11.9 Å². The van der Waals surface area contributed by atoms with Crippen molar-refractivity contribution in [3.8, 4) is 11.5 Å². The van der Waals surface area contributed by atoms with Crippen LogP contribution in [0.15, 0.2) is 42.5 Å². The molecule has 1 unspecified atom stereocenters. The number of rotatable bonds is 1. The topological polar surface area (TPSA) is 74.9 Å². The number of halogens is 1. The zero-order valence-corrected chi connectivity index (χ0v) is 16.8. The van der Waals surface area contributed by atoms with Gasteiger partial charge in [-0.1, -0.05) is 35.9 Å². The first-order chi connectivity index (χ1) is 14.5. The highest BCUT2D eigenvalue weighted by Gasteiger charge is 2.51. The number of carbonyl (C=O) groups excluding carboxylic acids is 2. The zero-order valence-electron chi connectivity index (χ0n) is 16.1. The number of ether oxygens (including phenoxy) is 2. The fourth-order valence-electron chi connectivity index (χ4n) is 4.82. The lowest BCUT2D eigenvalue weighted by Gasteiger charge is -2.47. The van der Waals surface area contributed by atoms with Gasteiger partial charge in [0.05, 0.1) is 6.04 Å². The van der Waals surface area contributed by atoms with E-state index in [0.29, 0.717) is 17.9 Å². The number of aromatic amines is 1. The molecular formula is C22H18ClN3O4. The van der Waals surface area contributed by atoms with E-state index in [1.165, 1.54) is 4.90 Å². The Hall–Kier alpha value is -3.19. The van der Waals surface area contributed by atoms with Crippen LogP contribution in [0.2, 0.25) is 0 Å². The normalized spacial score (nSPS) is 24.9. The molecule has 3 aromatic rings. The third-order valence-corrected chi connectivity index (χ3v) is 6.75. The Labute approximate surface area is 177 Å². The quantitative estimate of drug-likeness (QED) is 0.482. The molecule has 152 valence electrons. The van der Waals surface area contributed by atoms with E-state index in [4.69, 9.17) is 21.1 Å². The first-order valence-electron chi connectivity index (χ1n) is 9.76. The summed E-state index contributed by atoms with van der Waals surface area (Å²) < 4.78 is 11.0. The summed E-state index contributed by atoms with van der Waals surface area (Å²) in [5, 5.41) is 1.06. The van der Waals surface area contributed by atoms with Gasteiger partial charge in [0.25, 0.3) is 5.91 Å². The number of amides is 2. The van der Waals surface area contributed by atoms with Crippen molar-refractivity contribution < 1.29 is 19.1 Å². The highest BCUT2D eigenvalue weighted by Crippen LogP contribution is 2.45. The summed E-state index contributed by atoms with van der Waals surface area (Å²) in [7, 11) is 1.58. The molecule has 0 bridgehead atoms. The van der Waals surface area contributed by atoms with Crippen LogP contribution in [0, 0.1) is 0 Å². The Bertz CT molecular complexity index is 1220. The Morgan fingerprint density at radius 2 is 1.87 bits per heavy atom. The number of fused-ring (bicyclic) bond motifs is 5. The summed E-state index contributed by atoms with van der Waals surface area (Å²) in [6.07, 6.45) is 0.443. The highest BCUT2D eigenvalue weighted by atomic mass is 35.5. The number of para-hydroxylation sites is 1. The fourth-order valence-corrected chi connectivity index (χ4v) is 5.03. The molecule has 6 rings (SSSR count). The molecule has 1 N–H and O–H groups in total. The van der Waals surface area contributed by atoms with Crippen LogP contribution in [0.4, 0.5) is 0 Å². The van der Waals surface area contributed by atoms with Crippen LogP contribution >= 0.6 is 11.6 Å². The van der Waals surface area contributed by atoms with Gasteiger partial charge in [-0.15, -0.1) is 0 Å². The minimum absolute atomic E-state index is 0.156. The zero-order chi connectivity index (χ0) is 20.6. The third kappa shape index (κ3) is 2.26. The minimum atomic E-state index is -1.03. The monoisotopic (exact) mass is 423 g/mol. The summed E-state index contributed by atoms with van der Waals surface area (Å²) in [4.78, 5) is 32.9. The predicted octanol–water partition coefficient (Wildman–Crippen LogP) is 2.78. The van der Waals surface area contributed by atoms with Crippen molar-refractivity contribution in [1.29, 1.82) is 0 Å². The Balaban J connectivity index is 1.60. The van der Waals surface area contributed by atoms with Gasteiger partial charge < -0.3 is 24.3 Å². The molecule has 3 aliphatic rings. The lowest BCUT2D eigenvalue weighted by atomic mass is 9.86. The van der Waals surface area contributed by atoms with Gasteiger partial charge in [-0.3, -0.25) is 9.59 Å². The summed E-state index contributed by atoms with van der Waals surface area (Å²) >= 11 is 6.34. The maximum absolute atomic E-state index is 13.3. The van der Waals surface area contributed by atoms with Gasteiger partial charge in [0.15, 0.2) is 17.0 Å².